The number of anilines is 1. The van der Waals surface area contributed by atoms with Crippen molar-refractivity contribution in [3.63, 3.8) is 0 Å². The molecule has 1 aromatic carbocycles. The van der Waals surface area contributed by atoms with Gasteiger partial charge in [0.15, 0.2) is 0 Å². The number of hydrogen-bond donors (Lipinski definition) is 2. The first-order chi connectivity index (χ1) is 10.4. The molecular formula is C14H12BrNO5S. The van der Waals surface area contributed by atoms with Gasteiger partial charge in [-0.05, 0) is 36.4 Å². The molecule has 116 valence electrons. The molecule has 0 aliphatic carbocycles. The van der Waals surface area contributed by atoms with Crippen molar-refractivity contribution in [2.75, 3.05) is 11.1 Å². The van der Waals surface area contributed by atoms with Crippen LogP contribution in [-0.2, 0) is 21.3 Å². The molecule has 0 aliphatic heterocycles. The molecule has 0 spiro atoms. The number of carboxylic acids is 1. The SMILES string of the molecule is O=C(CS(=O)Cc1ccc(C(=O)O)o1)Nc1ccc(Br)cc1. The van der Waals surface area contributed by atoms with Gasteiger partial charge in [0.2, 0.25) is 11.7 Å². The van der Waals surface area contributed by atoms with Crippen LogP contribution in [0.3, 0.4) is 0 Å². The van der Waals surface area contributed by atoms with Gasteiger partial charge in [0.1, 0.15) is 11.5 Å². The fourth-order valence-electron chi connectivity index (χ4n) is 1.66. The number of hydrogen-bond acceptors (Lipinski definition) is 4. The largest absolute Gasteiger partial charge is 0.475 e. The minimum absolute atomic E-state index is 0.0129. The molecule has 1 atom stereocenters. The molecule has 0 aliphatic rings. The highest BCUT2D eigenvalue weighted by atomic mass is 79.9. The van der Waals surface area contributed by atoms with Crippen molar-refractivity contribution in [1.82, 2.24) is 0 Å². The summed E-state index contributed by atoms with van der Waals surface area (Å²) in [7, 11) is -1.49. The van der Waals surface area contributed by atoms with Gasteiger partial charge in [0.25, 0.3) is 0 Å². The smallest absolute Gasteiger partial charge is 0.371 e. The zero-order valence-electron chi connectivity index (χ0n) is 11.2. The summed E-state index contributed by atoms with van der Waals surface area (Å²) in [5.74, 6) is -1.73. The van der Waals surface area contributed by atoms with Crippen LogP contribution in [0.5, 0.6) is 0 Å². The molecule has 0 saturated carbocycles. The molecule has 1 unspecified atom stereocenters. The van der Waals surface area contributed by atoms with E-state index in [9.17, 15) is 13.8 Å². The molecule has 22 heavy (non-hydrogen) atoms. The van der Waals surface area contributed by atoms with Crippen molar-refractivity contribution in [2.45, 2.75) is 5.75 Å². The van der Waals surface area contributed by atoms with Crippen molar-refractivity contribution < 1.29 is 23.3 Å². The maximum atomic E-state index is 11.9. The topological polar surface area (TPSA) is 96.6 Å². The molecule has 2 rings (SSSR count). The van der Waals surface area contributed by atoms with Crippen LogP contribution in [0.1, 0.15) is 16.3 Å². The number of halogens is 1. The van der Waals surface area contributed by atoms with Gasteiger partial charge in [0.05, 0.1) is 5.75 Å². The van der Waals surface area contributed by atoms with Crippen LogP contribution in [0.2, 0.25) is 0 Å². The molecular weight excluding hydrogens is 374 g/mol. The van der Waals surface area contributed by atoms with Crippen molar-refractivity contribution in [3.8, 4) is 0 Å². The molecule has 1 aromatic heterocycles. The lowest BCUT2D eigenvalue weighted by atomic mass is 10.3. The molecule has 0 saturated heterocycles. The number of benzene rings is 1. The van der Waals surface area contributed by atoms with Gasteiger partial charge in [-0.15, -0.1) is 0 Å². The molecule has 2 N–H and O–H groups in total. The van der Waals surface area contributed by atoms with Crippen molar-refractivity contribution >= 4 is 44.3 Å². The van der Waals surface area contributed by atoms with Crippen LogP contribution in [0.4, 0.5) is 5.69 Å². The van der Waals surface area contributed by atoms with E-state index in [1.165, 1.54) is 12.1 Å². The summed E-state index contributed by atoms with van der Waals surface area (Å²) in [6.45, 7) is 0. The second kappa shape index (κ2) is 7.37. The Balaban J connectivity index is 1.86. The molecule has 0 fully saturated rings. The van der Waals surface area contributed by atoms with Gasteiger partial charge >= 0.3 is 5.97 Å². The molecule has 6 nitrogen and oxygen atoms in total. The van der Waals surface area contributed by atoms with Crippen LogP contribution in [0.25, 0.3) is 0 Å². The zero-order chi connectivity index (χ0) is 16.1. The molecule has 0 bridgehead atoms. The molecule has 2 aromatic rings. The first-order valence-electron chi connectivity index (χ1n) is 6.16. The average molecular weight is 386 g/mol. The number of amides is 1. The van der Waals surface area contributed by atoms with Crippen LogP contribution in [-0.4, -0.2) is 26.9 Å². The second-order valence-corrected chi connectivity index (χ2v) is 6.73. The number of carboxylic acid groups (broad SMARTS) is 1. The number of furan rings is 1. The number of rotatable bonds is 6. The maximum Gasteiger partial charge on any atom is 0.371 e. The van der Waals surface area contributed by atoms with E-state index >= 15 is 0 Å². The molecule has 0 radical (unpaired) electrons. The summed E-state index contributed by atoms with van der Waals surface area (Å²) in [5, 5.41) is 11.4. The number of carbonyl (C=O) groups is 2. The fourth-order valence-corrected chi connectivity index (χ4v) is 2.86. The first-order valence-corrected chi connectivity index (χ1v) is 8.44. The van der Waals surface area contributed by atoms with E-state index in [-0.39, 0.29) is 28.9 Å². The van der Waals surface area contributed by atoms with E-state index in [2.05, 4.69) is 21.2 Å². The Bertz CT molecular complexity index is 710. The van der Waals surface area contributed by atoms with Crippen molar-refractivity contribution in [2.24, 2.45) is 0 Å². The van der Waals surface area contributed by atoms with Crippen molar-refractivity contribution in [1.29, 1.82) is 0 Å². The third kappa shape index (κ3) is 4.81. The normalized spacial score (nSPS) is 11.9. The summed E-state index contributed by atoms with van der Waals surface area (Å²) < 4.78 is 17.8. The summed E-state index contributed by atoms with van der Waals surface area (Å²) in [6.07, 6.45) is 0. The van der Waals surface area contributed by atoms with Gasteiger partial charge in [-0.25, -0.2) is 4.79 Å². The Morgan fingerprint density at radius 1 is 1.18 bits per heavy atom. The Hall–Kier alpha value is -1.93. The fraction of sp³-hybridized carbons (Fsp3) is 0.143. The van der Waals surface area contributed by atoms with Crippen LogP contribution in [0, 0.1) is 0 Å². The van der Waals surface area contributed by atoms with Gasteiger partial charge < -0.3 is 14.8 Å². The third-order valence-corrected chi connectivity index (χ3v) is 4.32. The van der Waals surface area contributed by atoms with E-state index in [0.29, 0.717) is 5.69 Å². The summed E-state index contributed by atoms with van der Waals surface area (Å²) >= 11 is 3.29. The number of nitrogens with one attached hydrogen (secondary N) is 1. The van der Waals surface area contributed by atoms with Crippen LogP contribution < -0.4 is 5.32 Å². The van der Waals surface area contributed by atoms with Gasteiger partial charge in [-0.2, -0.15) is 0 Å². The lowest BCUT2D eigenvalue weighted by Gasteiger charge is -2.05. The third-order valence-electron chi connectivity index (χ3n) is 2.60. The summed E-state index contributed by atoms with van der Waals surface area (Å²) in [5.41, 5.74) is 0.608. The summed E-state index contributed by atoms with van der Waals surface area (Å²) in [6, 6.07) is 9.73. The van der Waals surface area contributed by atoms with Gasteiger partial charge in [-0.1, -0.05) is 15.9 Å². The first kappa shape index (κ1) is 16.4. The predicted octanol–water partition coefficient (Wildman–Crippen LogP) is 2.63. The number of aromatic carboxylic acids is 1. The molecule has 1 heterocycles. The molecule has 8 heteroatoms. The minimum Gasteiger partial charge on any atom is -0.475 e. The summed E-state index contributed by atoms with van der Waals surface area (Å²) in [4.78, 5) is 22.4. The second-order valence-electron chi connectivity index (χ2n) is 4.35. The monoisotopic (exact) mass is 385 g/mol. The maximum absolute atomic E-state index is 11.9. The van der Waals surface area contributed by atoms with Crippen molar-refractivity contribution in [3.05, 3.63) is 52.4 Å². The van der Waals surface area contributed by atoms with Crippen LogP contribution >= 0.6 is 15.9 Å². The lowest BCUT2D eigenvalue weighted by Crippen LogP contribution is -2.20. The lowest BCUT2D eigenvalue weighted by molar-refractivity contribution is -0.113. The van der Waals surface area contributed by atoms with Gasteiger partial charge in [0, 0.05) is 21.0 Å². The van der Waals surface area contributed by atoms with E-state index in [4.69, 9.17) is 9.52 Å². The predicted molar refractivity (Wildman–Crippen MR) is 85.2 cm³/mol. The quantitative estimate of drug-likeness (QED) is 0.796. The Labute approximate surface area is 137 Å². The highest BCUT2D eigenvalue weighted by Crippen LogP contribution is 2.14. The Morgan fingerprint density at radius 3 is 2.45 bits per heavy atom. The van der Waals surface area contributed by atoms with E-state index in [0.717, 1.165) is 4.47 Å². The van der Waals surface area contributed by atoms with Gasteiger partial charge in [-0.3, -0.25) is 9.00 Å². The average Bonchev–Trinajstić information content (AvgIpc) is 2.89. The Morgan fingerprint density at radius 2 is 1.86 bits per heavy atom. The van der Waals surface area contributed by atoms with E-state index in [1.54, 1.807) is 24.3 Å². The number of carbonyl (C=O) groups excluding carboxylic acids is 1. The van der Waals surface area contributed by atoms with E-state index < -0.39 is 16.8 Å². The zero-order valence-corrected chi connectivity index (χ0v) is 13.6. The van der Waals surface area contributed by atoms with E-state index in [1.807, 2.05) is 0 Å². The highest BCUT2D eigenvalue weighted by molar-refractivity contribution is 9.10. The van der Waals surface area contributed by atoms with Crippen LogP contribution in [0.15, 0.2) is 45.3 Å². The Kier molecular flexibility index (Phi) is 5.51. The standard InChI is InChI=1S/C14H12BrNO5S/c15-9-1-3-10(4-2-9)16-13(17)8-22(20)7-11-5-6-12(21-11)14(18)19/h1-6H,7-8H2,(H,16,17)(H,18,19). The minimum atomic E-state index is -1.49. The molecule has 1 amide bonds. The highest BCUT2D eigenvalue weighted by Gasteiger charge is 2.13.